The lowest BCUT2D eigenvalue weighted by atomic mass is 9.77. The van der Waals surface area contributed by atoms with E-state index in [1.54, 1.807) is 17.0 Å². The fourth-order valence-electron chi connectivity index (χ4n) is 3.84. The number of halogens is 1. The summed E-state index contributed by atoms with van der Waals surface area (Å²) in [6, 6.07) is 14.6. The van der Waals surface area contributed by atoms with Gasteiger partial charge >= 0.3 is 0 Å². The van der Waals surface area contributed by atoms with Crippen LogP contribution in [0.4, 0.5) is 4.39 Å². The van der Waals surface area contributed by atoms with Gasteiger partial charge in [0.25, 0.3) is 0 Å². The molecule has 6 heteroatoms. The molecule has 2 N–H and O–H groups in total. The molecule has 3 atom stereocenters. The van der Waals surface area contributed by atoms with Crippen molar-refractivity contribution in [1.29, 1.82) is 0 Å². The van der Waals surface area contributed by atoms with Crippen molar-refractivity contribution in [2.75, 3.05) is 33.4 Å². The third-order valence-electron chi connectivity index (χ3n) is 5.38. The molecule has 1 amide bonds. The molecule has 0 spiro atoms. The van der Waals surface area contributed by atoms with E-state index in [0.717, 1.165) is 16.7 Å². The van der Waals surface area contributed by atoms with E-state index in [2.05, 4.69) is 5.32 Å². The highest BCUT2D eigenvalue weighted by Gasteiger charge is 2.41. The minimum atomic E-state index is -0.252. The molecule has 28 heavy (non-hydrogen) atoms. The zero-order chi connectivity index (χ0) is 20.1. The number of aliphatic hydroxyl groups excluding tert-OH is 1. The van der Waals surface area contributed by atoms with Crippen LogP contribution in [-0.2, 0) is 9.53 Å². The van der Waals surface area contributed by atoms with Gasteiger partial charge in [-0.15, -0.1) is 0 Å². The van der Waals surface area contributed by atoms with E-state index < -0.39 is 0 Å². The summed E-state index contributed by atoms with van der Waals surface area (Å²) in [6.45, 7) is 3.24. The fraction of sp³-hybridized carbons (Fsp3) is 0.409. The monoisotopic (exact) mass is 386 g/mol. The number of carbonyl (C=O) groups is 1. The zero-order valence-corrected chi connectivity index (χ0v) is 16.3. The molecule has 150 valence electrons. The van der Waals surface area contributed by atoms with Crippen LogP contribution in [0.25, 0.3) is 11.1 Å². The Labute approximate surface area is 165 Å². The van der Waals surface area contributed by atoms with Gasteiger partial charge in [0, 0.05) is 38.2 Å². The van der Waals surface area contributed by atoms with Crippen LogP contribution in [-0.4, -0.2) is 61.4 Å². The van der Waals surface area contributed by atoms with Gasteiger partial charge < -0.3 is 20.1 Å². The van der Waals surface area contributed by atoms with Crippen LogP contribution in [0.15, 0.2) is 48.5 Å². The molecule has 1 heterocycles. The van der Waals surface area contributed by atoms with E-state index in [0.29, 0.717) is 13.1 Å². The maximum Gasteiger partial charge on any atom is 0.248 e. The van der Waals surface area contributed by atoms with Crippen molar-refractivity contribution in [3.05, 3.63) is 59.9 Å². The molecule has 2 aromatic carbocycles. The third-order valence-corrected chi connectivity index (χ3v) is 5.38. The molecule has 0 bridgehead atoms. The first-order valence-electron chi connectivity index (χ1n) is 9.56. The van der Waals surface area contributed by atoms with E-state index >= 15 is 0 Å². The first kappa shape index (κ1) is 20.5. The minimum absolute atomic E-state index is 0.0297. The molecule has 1 fully saturated rings. The van der Waals surface area contributed by atoms with Crippen molar-refractivity contribution >= 4 is 5.91 Å². The van der Waals surface area contributed by atoms with Crippen LogP contribution in [0.2, 0.25) is 0 Å². The van der Waals surface area contributed by atoms with Gasteiger partial charge in [0.05, 0.1) is 6.61 Å². The Bertz CT molecular complexity index is 779. The van der Waals surface area contributed by atoms with Crippen molar-refractivity contribution in [2.45, 2.75) is 24.9 Å². The van der Waals surface area contributed by atoms with Gasteiger partial charge in [0.2, 0.25) is 5.91 Å². The summed E-state index contributed by atoms with van der Waals surface area (Å²) in [5, 5.41) is 13.0. The van der Waals surface area contributed by atoms with Crippen molar-refractivity contribution in [3.8, 4) is 11.1 Å². The van der Waals surface area contributed by atoms with E-state index in [4.69, 9.17) is 4.74 Å². The van der Waals surface area contributed by atoms with E-state index in [1.807, 2.05) is 31.2 Å². The molecule has 3 rings (SSSR count). The molecule has 1 aliphatic rings. The quantitative estimate of drug-likeness (QED) is 0.731. The van der Waals surface area contributed by atoms with Gasteiger partial charge in [-0.3, -0.25) is 4.79 Å². The third kappa shape index (κ3) is 4.41. The summed E-state index contributed by atoms with van der Waals surface area (Å²) in [5.41, 5.74) is 3.08. The van der Waals surface area contributed by atoms with Crippen LogP contribution in [0.5, 0.6) is 0 Å². The lowest BCUT2D eigenvalue weighted by Crippen LogP contribution is -2.65. The van der Waals surface area contributed by atoms with Gasteiger partial charge in [-0.2, -0.15) is 0 Å². The number of carbonyl (C=O) groups excluding carboxylic acids is 1. The summed E-state index contributed by atoms with van der Waals surface area (Å²) in [7, 11) is 1.51. The molecule has 2 aromatic rings. The predicted octanol–water partition coefficient (Wildman–Crippen LogP) is 2.40. The number of benzene rings is 2. The topological polar surface area (TPSA) is 61.8 Å². The van der Waals surface area contributed by atoms with Crippen LogP contribution in [0.3, 0.4) is 0 Å². The largest absolute Gasteiger partial charge is 0.395 e. The number of aliphatic hydroxyl groups is 1. The predicted molar refractivity (Wildman–Crippen MR) is 107 cm³/mol. The number of nitrogens with zero attached hydrogens (tertiary/aromatic N) is 1. The Morgan fingerprint density at radius 2 is 1.71 bits per heavy atom. The Balaban J connectivity index is 1.73. The second-order valence-corrected chi connectivity index (χ2v) is 7.08. The molecule has 5 nitrogen and oxygen atoms in total. The van der Waals surface area contributed by atoms with Crippen molar-refractivity contribution in [3.63, 3.8) is 0 Å². The Hall–Kier alpha value is -2.28. The number of ether oxygens (including phenoxy) is 1. The number of nitrogens with one attached hydrogen (secondary N) is 1. The second kappa shape index (κ2) is 9.28. The van der Waals surface area contributed by atoms with E-state index in [9.17, 15) is 14.3 Å². The van der Waals surface area contributed by atoms with E-state index in [1.165, 1.54) is 19.2 Å². The zero-order valence-electron chi connectivity index (χ0n) is 16.3. The highest BCUT2D eigenvalue weighted by atomic mass is 19.1. The molecular weight excluding hydrogens is 359 g/mol. The van der Waals surface area contributed by atoms with Gasteiger partial charge in [-0.05, 0) is 35.7 Å². The lowest BCUT2D eigenvalue weighted by molar-refractivity contribution is -0.135. The van der Waals surface area contributed by atoms with Gasteiger partial charge in [-0.1, -0.05) is 36.4 Å². The number of hydrogen-bond donors (Lipinski definition) is 2. The Morgan fingerprint density at radius 3 is 2.25 bits per heavy atom. The van der Waals surface area contributed by atoms with Crippen LogP contribution in [0, 0.1) is 5.82 Å². The second-order valence-electron chi connectivity index (χ2n) is 7.08. The maximum atomic E-state index is 13.1. The SMILES string of the molecule is CCN(C[C@H]1N[C@@H](CO)[C@@H]1c1ccc(-c2ccc(F)cc2)cc1)C(=O)COC. The minimum Gasteiger partial charge on any atom is -0.395 e. The number of hydrogen-bond acceptors (Lipinski definition) is 4. The molecule has 0 saturated carbocycles. The molecule has 0 unspecified atom stereocenters. The molecular formula is C22H27FN2O3. The first-order valence-corrected chi connectivity index (χ1v) is 9.56. The van der Waals surface area contributed by atoms with Crippen LogP contribution < -0.4 is 5.32 Å². The highest BCUT2D eigenvalue weighted by molar-refractivity contribution is 5.77. The lowest BCUT2D eigenvalue weighted by Gasteiger charge is -2.47. The van der Waals surface area contributed by atoms with Crippen molar-refractivity contribution < 1.29 is 19.0 Å². The van der Waals surface area contributed by atoms with Gasteiger partial charge in [0.15, 0.2) is 0 Å². The Kier molecular flexibility index (Phi) is 6.78. The summed E-state index contributed by atoms with van der Waals surface area (Å²) in [4.78, 5) is 13.9. The van der Waals surface area contributed by atoms with Crippen LogP contribution >= 0.6 is 0 Å². The summed E-state index contributed by atoms with van der Waals surface area (Å²) in [5.74, 6) is -0.167. The molecule has 0 aromatic heterocycles. The molecule has 0 radical (unpaired) electrons. The first-order chi connectivity index (χ1) is 13.6. The summed E-state index contributed by atoms with van der Waals surface area (Å²) < 4.78 is 18.1. The normalized spacial score (nSPS) is 21.2. The van der Waals surface area contributed by atoms with Gasteiger partial charge in [-0.25, -0.2) is 4.39 Å². The standard InChI is InChI=1S/C22H27FN2O3/c1-3-25(21(27)14-28-2)12-19-22(20(13-26)24-19)17-6-4-15(5-7-17)16-8-10-18(23)11-9-16/h4-11,19-20,22,24,26H,3,12-14H2,1-2H3/t19-,20+,22-/m1/s1. The van der Waals surface area contributed by atoms with Crippen molar-refractivity contribution in [2.24, 2.45) is 0 Å². The number of amides is 1. The van der Waals surface area contributed by atoms with Gasteiger partial charge in [0.1, 0.15) is 12.4 Å². The highest BCUT2D eigenvalue weighted by Crippen LogP contribution is 2.34. The molecule has 0 aliphatic carbocycles. The smallest absolute Gasteiger partial charge is 0.248 e. The average Bonchev–Trinajstić information content (AvgIpc) is 2.69. The van der Waals surface area contributed by atoms with E-state index in [-0.39, 0.29) is 42.9 Å². The average molecular weight is 386 g/mol. The number of methoxy groups -OCH3 is 1. The number of rotatable bonds is 8. The van der Waals surface area contributed by atoms with Crippen LogP contribution in [0.1, 0.15) is 18.4 Å². The maximum absolute atomic E-state index is 13.1. The molecule has 1 aliphatic heterocycles. The fourth-order valence-corrected chi connectivity index (χ4v) is 3.84. The number of likely N-dealkylation sites (N-methyl/N-ethyl adjacent to an activating group) is 1. The summed E-state index contributed by atoms with van der Waals surface area (Å²) in [6.07, 6.45) is 0. The summed E-state index contributed by atoms with van der Waals surface area (Å²) >= 11 is 0. The molecule has 1 saturated heterocycles. The van der Waals surface area contributed by atoms with Crippen molar-refractivity contribution in [1.82, 2.24) is 10.2 Å². The Morgan fingerprint density at radius 1 is 1.11 bits per heavy atom.